The molecule has 0 bridgehead atoms. The Hall–Kier alpha value is -3.08. The number of aliphatic imine (C=N–C) groups is 1. The van der Waals surface area contributed by atoms with E-state index in [-0.39, 0.29) is 5.56 Å². The van der Waals surface area contributed by atoms with Crippen molar-refractivity contribution in [3.63, 3.8) is 0 Å². The van der Waals surface area contributed by atoms with E-state index in [4.69, 9.17) is 0 Å². The molecule has 5 heteroatoms. The van der Waals surface area contributed by atoms with Gasteiger partial charge in [-0.2, -0.15) is 13.2 Å². The van der Waals surface area contributed by atoms with Crippen LogP contribution in [0.15, 0.2) is 102 Å². The topological polar surface area (TPSA) is 15.6 Å². The predicted molar refractivity (Wildman–Crippen MR) is 105 cm³/mol. The van der Waals surface area contributed by atoms with Crippen molar-refractivity contribution >= 4 is 5.84 Å². The molecule has 0 fully saturated rings. The molecule has 2 aromatic rings. The lowest BCUT2D eigenvalue weighted by Gasteiger charge is -2.39. The lowest BCUT2D eigenvalue weighted by molar-refractivity contribution is -0.174. The number of nitrogens with zero attached hydrogens (tertiary/aromatic N) is 2. The molecule has 0 amide bonds. The van der Waals surface area contributed by atoms with Crippen molar-refractivity contribution in [1.29, 1.82) is 0 Å². The fourth-order valence-corrected chi connectivity index (χ4v) is 3.55. The van der Waals surface area contributed by atoms with Crippen LogP contribution in [-0.4, -0.2) is 16.9 Å². The van der Waals surface area contributed by atoms with Crippen LogP contribution in [0.25, 0.3) is 0 Å². The maximum Gasteiger partial charge on any atom is 0.421 e. The summed E-state index contributed by atoms with van der Waals surface area (Å²) in [6.45, 7) is 0. The van der Waals surface area contributed by atoms with E-state index in [9.17, 15) is 13.2 Å². The molecule has 2 nitrogen and oxygen atoms in total. The third-order valence-corrected chi connectivity index (χ3v) is 4.97. The predicted octanol–water partition coefficient (Wildman–Crippen LogP) is 5.76. The first-order valence-electron chi connectivity index (χ1n) is 9.11. The summed E-state index contributed by atoms with van der Waals surface area (Å²) in [4.78, 5) is 5.93. The number of aryl methyl sites for hydroxylation is 1. The largest absolute Gasteiger partial charge is 0.421 e. The summed E-state index contributed by atoms with van der Waals surface area (Å²) in [5.74, 6) is 0.300. The minimum absolute atomic E-state index is 0.120. The third-order valence-electron chi connectivity index (χ3n) is 4.97. The Labute approximate surface area is 162 Å². The number of rotatable bonds is 4. The monoisotopic (exact) mass is 380 g/mol. The van der Waals surface area contributed by atoms with E-state index in [0.29, 0.717) is 24.4 Å². The maximum absolute atomic E-state index is 14.4. The van der Waals surface area contributed by atoms with Crippen molar-refractivity contribution in [2.24, 2.45) is 4.99 Å². The molecule has 0 radical (unpaired) electrons. The molecule has 0 N–H and O–H groups in total. The van der Waals surface area contributed by atoms with Gasteiger partial charge in [0, 0.05) is 11.9 Å². The molecule has 0 aliphatic carbocycles. The lowest BCUT2D eigenvalue weighted by atomic mass is 9.86. The van der Waals surface area contributed by atoms with Gasteiger partial charge >= 0.3 is 6.18 Å². The molecular weight excluding hydrogens is 361 g/mol. The molecule has 2 aliphatic rings. The van der Waals surface area contributed by atoms with Gasteiger partial charge in [-0.15, -0.1) is 0 Å². The average molecular weight is 380 g/mol. The van der Waals surface area contributed by atoms with Crippen LogP contribution in [0.3, 0.4) is 0 Å². The lowest BCUT2D eigenvalue weighted by Crippen LogP contribution is -2.45. The van der Waals surface area contributed by atoms with Crippen molar-refractivity contribution in [3.8, 4) is 0 Å². The summed E-state index contributed by atoms with van der Waals surface area (Å²) < 4.78 is 43.1. The zero-order chi connectivity index (χ0) is 19.6. The summed E-state index contributed by atoms with van der Waals surface area (Å²) in [6, 6.07) is 17.7. The molecule has 4 rings (SSSR count). The number of benzene rings is 2. The molecule has 0 aromatic heterocycles. The fourth-order valence-electron chi connectivity index (χ4n) is 3.55. The van der Waals surface area contributed by atoms with Crippen LogP contribution in [0.1, 0.15) is 17.5 Å². The highest BCUT2D eigenvalue weighted by molar-refractivity contribution is 5.97. The van der Waals surface area contributed by atoms with E-state index in [2.05, 4.69) is 4.99 Å². The quantitative estimate of drug-likeness (QED) is 0.659. The number of fused-ring (bicyclic) bond motifs is 1. The van der Waals surface area contributed by atoms with Crippen molar-refractivity contribution in [1.82, 2.24) is 4.90 Å². The molecule has 2 aliphatic heterocycles. The van der Waals surface area contributed by atoms with Crippen LogP contribution >= 0.6 is 0 Å². The van der Waals surface area contributed by atoms with Gasteiger partial charge in [-0.1, -0.05) is 66.7 Å². The van der Waals surface area contributed by atoms with Crippen molar-refractivity contribution < 1.29 is 13.2 Å². The van der Waals surface area contributed by atoms with E-state index in [0.717, 1.165) is 5.56 Å². The number of amidine groups is 1. The van der Waals surface area contributed by atoms with E-state index in [1.165, 1.54) is 18.2 Å². The average Bonchev–Trinajstić information content (AvgIpc) is 2.72. The molecule has 142 valence electrons. The van der Waals surface area contributed by atoms with E-state index in [1.807, 2.05) is 30.3 Å². The van der Waals surface area contributed by atoms with Crippen molar-refractivity contribution in [2.75, 3.05) is 0 Å². The molecule has 2 heterocycles. The van der Waals surface area contributed by atoms with Gasteiger partial charge in [-0.3, -0.25) is 0 Å². The molecule has 28 heavy (non-hydrogen) atoms. The molecular formula is C23H19F3N2. The molecule has 1 unspecified atom stereocenters. The number of hydrogen-bond donors (Lipinski definition) is 0. The molecule has 2 aromatic carbocycles. The van der Waals surface area contributed by atoms with Crippen LogP contribution in [0.4, 0.5) is 13.2 Å². The highest BCUT2D eigenvalue weighted by Gasteiger charge is 2.57. The van der Waals surface area contributed by atoms with Crippen LogP contribution in [-0.2, 0) is 12.0 Å². The standard InChI is InChI=1S/C23H19F3N2/c24-23(25,26)22(19-11-5-2-6-12-19)17-20(15-14-18-9-3-1-4-10-18)28-16-8-7-13-21(28)27-22/h1-13,16-17H,14-15H2. The van der Waals surface area contributed by atoms with Gasteiger partial charge in [0.2, 0.25) is 5.54 Å². The first-order chi connectivity index (χ1) is 13.5. The van der Waals surface area contributed by atoms with Gasteiger partial charge in [0.15, 0.2) is 0 Å². The van der Waals surface area contributed by atoms with Crippen molar-refractivity contribution in [3.05, 3.63) is 108 Å². The first-order valence-corrected chi connectivity index (χ1v) is 9.11. The second-order valence-electron chi connectivity index (χ2n) is 6.79. The Kier molecular flexibility index (Phi) is 4.67. The highest BCUT2D eigenvalue weighted by atomic mass is 19.4. The highest BCUT2D eigenvalue weighted by Crippen LogP contribution is 2.47. The normalized spacial score (nSPS) is 21.2. The first kappa shape index (κ1) is 18.3. The summed E-state index contributed by atoms with van der Waals surface area (Å²) in [5.41, 5.74) is -0.589. The molecule has 1 atom stereocenters. The number of halogens is 3. The van der Waals surface area contributed by atoms with E-state index >= 15 is 0 Å². The maximum atomic E-state index is 14.4. The second-order valence-corrected chi connectivity index (χ2v) is 6.79. The zero-order valence-electron chi connectivity index (χ0n) is 15.1. The molecule has 0 saturated heterocycles. The van der Waals surface area contributed by atoms with Crippen molar-refractivity contribution in [2.45, 2.75) is 24.6 Å². The van der Waals surface area contributed by atoms with Crippen LogP contribution in [0.5, 0.6) is 0 Å². The summed E-state index contributed by atoms with van der Waals surface area (Å²) in [7, 11) is 0. The fraction of sp³-hybridized carbons (Fsp3) is 0.174. The minimum Gasteiger partial charge on any atom is -0.306 e. The van der Waals surface area contributed by atoms with Gasteiger partial charge in [0.1, 0.15) is 5.84 Å². The minimum atomic E-state index is -4.56. The number of hydrogen-bond acceptors (Lipinski definition) is 2. The van der Waals surface area contributed by atoms with E-state index < -0.39 is 11.7 Å². The second kappa shape index (κ2) is 7.15. The number of alkyl halides is 3. The van der Waals surface area contributed by atoms with Crippen LogP contribution in [0.2, 0.25) is 0 Å². The summed E-state index contributed by atoms with van der Waals surface area (Å²) >= 11 is 0. The third kappa shape index (κ3) is 3.28. The zero-order valence-corrected chi connectivity index (χ0v) is 15.1. The Morgan fingerprint density at radius 1 is 0.857 bits per heavy atom. The van der Waals surface area contributed by atoms with Crippen LogP contribution < -0.4 is 0 Å². The Morgan fingerprint density at radius 3 is 2.21 bits per heavy atom. The van der Waals surface area contributed by atoms with Gasteiger partial charge in [-0.05, 0) is 42.2 Å². The summed E-state index contributed by atoms with van der Waals surface area (Å²) in [6.07, 6.45) is 4.75. The Balaban J connectivity index is 1.80. The SMILES string of the molecule is FC(F)(F)C1(c2ccccc2)C=C(CCc2ccccc2)N2C=CC=CC2=N1. The Bertz CT molecular complexity index is 956. The van der Waals surface area contributed by atoms with Crippen LogP contribution in [0, 0.1) is 0 Å². The van der Waals surface area contributed by atoms with E-state index in [1.54, 1.807) is 47.5 Å². The van der Waals surface area contributed by atoms with Gasteiger partial charge in [-0.25, -0.2) is 4.99 Å². The Morgan fingerprint density at radius 2 is 1.54 bits per heavy atom. The van der Waals surface area contributed by atoms with Gasteiger partial charge in [0.05, 0.1) is 0 Å². The summed E-state index contributed by atoms with van der Waals surface area (Å²) in [5, 5.41) is 0. The van der Waals surface area contributed by atoms with Gasteiger partial charge in [0.25, 0.3) is 0 Å². The number of allylic oxidation sites excluding steroid dienone is 3. The van der Waals surface area contributed by atoms with Gasteiger partial charge < -0.3 is 4.90 Å². The smallest absolute Gasteiger partial charge is 0.306 e. The molecule has 0 spiro atoms. The molecule has 0 saturated carbocycles.